The predicted octanol–water partition coefficient (Wildman–Crippen LogP) is 0.756. The SMILES string of the molecule is CC1(C(=O)O)CCN(Cc2ncno2)CC1. The molecule has 1 aliphatic rings. The summed E-state index contributed by atoms with van der Waals surface area (Å²) in [6.45, 7) is 3.92. The van der Waals surface area contributed by atoms with Crippen LogP contribution in [0.1, 0.15) is 25.7 Å². The summed E-state index contributed by atoms with van der Waals surface area (Å²) in [5, 5.41) is 12.6. The fraction of sp³-hybridized carbons (Fsp3) is 0.700. The van der Waals surface area contributed by atoms with Crippen molar-refractivity contribution < 1.29 is 14.4 Å². The van der Waals surface area contributed by atoms with Gasteiger partial charge in [0.25, 0.3) is 0 Å². The van der Waals surface area contributed by atoms with Crippen LogP contribution in [-0.2, 0) is 11.3 Å². The van der Waals surface area contributed by atoms with Crippen LogP contribution < -0.4 is 0 Å². The van der Waals surface area contributed by atoms with Crippen LogP contribution in [0.4, 0.5) is 0 Å². The van der Waals surface area contributed by atoms with Crippen molar-refractivity contribution in [3.8, 4) is 0 Å². The molecule has 1 aromatic rings. The average Bonchev–Trinajstić information content (AvgIpc) is 2.74. The molecule has 2 heterocycles. The van der Waals surface area contributed by atoms with Crippen molar-refractivity contribution in [2.24, 2.45) is 5.41 Å². The van der Waals surface area contributed by atoms with Crippen LogP contribution in [0.2, 0.25) is 0 Å². The Labute approximate surface area is 93.2 Å². The molecule has 6 nitrogen and oxygen atoms in total. The van der Waals surface area contributed by atoms with E-state index in [2.05, 4.69) is 15.0 Å². The highest BCUT2D eigenvalue weighted by Crippen LogP contribution is 2.31. The Balaban J connectivity index is 1.88. The molecule has 0 radical (unpaired) electrons. The summed E-state index contributed by atoms with van der Waals surface area (Å²) < 4.78 is 4.92. The first-order chi connectivity index (χ1) is 7.60. The van der Waals surface area contributed by atoms with Crippen LogP contribution in [0.25, 0.3) is 0 Å². The Morgan fingerprint density at radius 1 is 1.62 bits per heavy atom. The van der Waals surface area contributed by atoms with E-state index in [4.69, 9.17) is 9.63 Å². The van der Waals surface area contributed by atoms with Gasteiger partial charge in [0.15, 0.2) is 6.33 Å². The van der Waals surface area contributed by atoms with Gasteiger partial charge in [0.05, 0.1) is 12.0 Å². The van der Waals surface area contributed by atoms with E-state index in [1.807, 2.05) is 0 Å². The minimum absolute atomic E-state index is 0.578. The predicted molar refractivity (Wildman–Crippen MR) is 54.6 cm³/mol. The maximum atomic E-state index is 11.0. The minimum atomic E-state index is -0.704. The van der Waals surface area contributed by atoms with E-state index in [0.29, 0.717) is 25.3 Å². The second kappa shape index (κ2) is 4.21. The van der Waals surface area contributed by atoms with E-state index >= 15 is 0 Å². The maximum absolute atomic E-state index is 11.0. The smallest absolute Gasteiger partial charge is 0.309 e. The largest absolute Gasteiger partial charge is 0.481 e. The molecule has 6 heteroatoms. The molecule has 1 aromatic heterocycles. The van der Waals surface area contributed by atoms with Crippen molar-refractivity contribution in [2.75, 3.05) is 13.1 Å². The van der Waals surface area contributed by atoms with E-state index in [9.17, 15) is 4.79 Å². The summed E-state index contributed by atoms with van der Waals surface area (Å²) in [6, 6.07) is 0. The van der Waals surface area contributed by atoms with Gasteiger partial charge >= 0.3 is 5.97 Å². The Morgan fingerprint density at radius 3 is 2.81 bits per heavy atom. The first kappa shape index (κ1) is 11.1. The molecule has 0 spiro atoms. The summed E-state index contributed by atoms with van der Waals surface area (Å²) in [4.78, 5) is 17.1. The van der Waals surface area contributed by atoms with Crippen LogP contribution in [-0.4, -0.2) is 39.2 Å². The first-order valence-corrected chi connectivity index (χ1v) is 5.31. The van der Waals surface area contributed by atoms with Crippen molar-refractivity contribution in [2.45, 2.75) is 26.3 Å². The molecular weight excluding hydrogens is 210 g/mol. The molecule has 0 aliphatic carbocycles. The number of carbonyl (C=O) groups is 1. The molecular formula is C10H15N3O3. The van der Waals surface area contributed by atoms with Gasteiger partial charge in [0, 0.05) is 0 Å². The highest BCUT2D eigenvalue weighted by molar-refractivity contribution is 5.74. The lowest BCUT2D eigenvalue weighted by Crippen LogP contribution is -2.42. The zero-order chi connectivity index (χ0) is 11.6. The lowest BCUT2D eigenvalue weighted by Gasteiger charge is -2.35. The van der Waals surface area contributed by atoms with Gasteiger partial charge in [0.2, 0.25) is 5.89 Å². The summed E-state index contributed by atoms with van der Waals surface area (Å²) in [6.07, 6.45) is 2.70. The van der Waals surface area contributed by atoms with Crippen LogP contribution in [0.15, 0.2) is 10.9 Å². The second-order valence-electron chi connectivity index (χ2n) is 4.48. The van der Waals surface area contributed by atoms with E-state index in [1.54, 1.807) is 6.92 Å². The van der Waals surface area contributed by atoms with Crippen molar-refractivity contribution in [3.05, 3.63) is 12.2 Å². The molecule has 0 amide bonds. The number of carboxylic acid groups (broad SMARTS) is 1. The highest BCUT2D eigenvalue weighted by Gasteiger charge is 2.36. The molecule has 2 rings (SSSR count). The van der Waals surface area contributed by atoms with Gasteiger partial charge in [-0.25, -0.2) is 0 Å². The van der Waals surface area contributed by atoms with Crippen LogP contribution in [0, 0.1) is 5.41 Å². The maximum Gasteiger partial charge on any atom is 0.309 e. The Hall–Kier alpha value is -1.43. The molecule has 88 valence electrons. The van der Waals surface area contributed by atoms with E-state index in [1.165, 1.54) is 6.33 Å². The molecule has 0 saturated carbocycles. The zero-order valence-corrected chi connectivity index (χ0v) is 9.22. The van der Waals surface area contributed by atoms with Crippen LogP contribution >= 0.6 is 0 Å². The van der Waals surface area contributed by atoms with Gasteiger partial charge in [0.1, 0.15) is 0 Å². The average molecular weight is 225 g/mol. The Morgan fingerprint density at radius 2 is 2.31 bits per heavy atom. The number of likely N-dealkylation sites (tertiary alicyclic amines) is 1. The van der Waals surface area contributed by atoms with Gasteiger partial charge in [-0.15, -0.1) is 0 Å². The third kappa shape index (κ3) is 2.21. The number of aliphatic carboxylic acids is 1. The molecule has 0 unspecified atom stereocenters. The first-order valence-electron chi connectivity index (χ1n) is 5.31. The van der Waals surface area contributed by atoms with Crippen LogP contribution in [0.5, 0.6) is 0 Å². The van der Waals surface area contributed by atoms with Crippen molar-refractivity contribution >= 4 is 5.97 Å². The molecule has 0 aromatic carbocycles. The lowest BCUT2D eigenvalue weighted by molar-refractivity contribution is -0.150. The van der Waals surface area contributed by atoms with Crippen molar-refractivity contribution in [3.63, 3.8) is 0 Å². The standard InChI is InChI=1S/C10H15N3O3/c1-10(9(14)15)2-4-13(5-3-10)6-8-11-7-12-16-8/h7H,2-6H2,1H3,(H,14,15). The van der Waals surface area contributed by atoms with Crippen molar-refractivity contribution in [1.29, 1.82) is 0 Å². The normalized spacial score (nSPS) is 20.8. The quantitative estimate of drug-likeness (QED) is 0.818. The number of nitrogens with zero attached hydrogens (tertiary/aromatic N) is 3. The molecule has 0 bridgehead atoms. The van der Waals surface area contributed by atoms with Crippen LogP contribution in [0.3, 0.4) is 0 Å². The highest BCUT2D eigenvalue weighted by atomic mass is 16.5. The van der Waals surface area contributed by atoms with E-state index < -0.39 is 11.4 Å². The molecule has 1 N–H and O–H groups in total. The molecule has 1 fully saturated rings. The fourth-order valence-corrected chi connectivity index (χ4v) is 1.88. The Kier molecular flexibility index (Phi) is 2.91. The van der Waals surface area contributed by atoms with Gasteiger partial charge < -0.3 is 9.63 Å². The summed E-state index contributed by atoms with van der Waals surface area (Å²) in [5.74, 6) is -0.121. The van der Waals surface area contributed by atoms with Crippen molar-refractivity contribution in [1.82, 2.24) is 15.0 Å². The number of piperidine rings is 1. The monoisotopic (exact) mass is 225 g/mol. The summed E-state index contributed by atoms with van der Waals surface area (Å²) in [7, 11) is 0. The number of carboxylic acids is 1. The molecule has 16 heavy (non-hydrogen) atoms. The summed E-state index contributed by atoms with van der Waals surface area (Å²) >= 11 is 0. The number of hydrogen-bond acceptors (Lipinski definition) is 5. The number of rotatable bonds is 3. The Bertz CT molecular complexity index is 355. The van der Waals surface area contributed by atoms with Gasteiger partial charge in [-0.3, -0.25) is 9.69 Å². The topological polar surface area (TPSA) is 79.5 Å². The third-order valence-electron chi connectivity index (χ3n) is 3.24. The van der Waals surface area contributed by atoms with E-state index in [0.717, 1.165) is 13.1 Å². The number of hydrogen-bond donors (Lipinski definition) is 1. The van der Waals surface area contributed by atoms with Gasteiger partial charge in [-0.1, -0.05) is 5.16 Å². The second-order valence-corrected chi connectivity index (χ2v) is 4.48. The zero-order valence-electron chi connectivity index (χ0n) is 9.22. The molecule has 1 aliphatic heterocycles. The summed E-state index contributed by atoms with van der Waals surface area (Å²) in [5.41, 5.74) is -0.578. The molecule has 0 atom stereocenters. The third-order valence-corrected chi connectivity index (χ3v) is 3.24. The van der Waals surface area contributed by atoms with Gasteiger partial charge in [-0.2, -0.15) is 4.98 Å². The van der Waals surface area contributed by atoms with Gasteiger partial charge in [-0.05, 0) is 32.9 Å². The van der Waals surface area contributed by atoms with E-state index in [-0.39, 0.29) is 0 Å². The minimum Gasteiger partial charge on any atom is -0.481 e. The molecule has 1 saturated heterocycles. The number of aromatic nitrogens is 2. The lowest BCUT2D eigenvalue weighted by atomic mass is 9.80. The fourth-order valence-electron chi connectivity index (χ4n) is 1.88.